The summed E-state index contributed by atoms with van der Waals surface area (Å²) in [4.78, 5) is 10.0. The number of benzene rings is 2. The molecule has 4 rings (SSSR count). The second-order valence-corrected chi connectivity index (χ2v) is 5.75. The molecule has 0 bridgehead atoms. The van der Waals surface area contributed by atoms with Gasteiger partial charge in [-0.15, -0.1) is 0 Å². The number of hydrogen-bond donors (Lipinski definition) is 0. The van der Waals surface area contributed by atoms with Gasteiger partial charge in [0.1, 0.15) is 5.52 Å². The van der Waals surface area contributed by atoms with Gasteiger partial charge < -0.3 is 4.42 Å². The third-order valence-electron chi connectivity index (χ3n) is 3.30. The summed E-state index contributed by atoms with van der Waals surface area (Å²) in [6.45, 7) is 0. The van der Waals surface area contributed by atoms with Crippen LogP contribution in [0.5, 0.6) is 0 Å². The number of para-hydroxylation sites is 2. The summed E-state index contributed by atoms with van der Waals surface area (Å²) in [7, 11) is 0. The number of aromatic nitrogens is 2. The Balaban J connectivity index is 1.74. The summed E-state index contributed by atoms with van der Waals surface area (Å²) in [5, 5.41) is 0.643. The van der Waals surface area contributed by atoms with E-state index in [0.717, 1.165) is 27.3 Å². The molecule has 2 aromatic heterocycles. The minimum Gasteiger partial charge on any atom is -0.431 e. The zero-order chi connectivity index (χ0) is 14.8. The van der Waals surface area contributed by atoms with Crippen LogP contribution in [0.3, 0.4) is 0 Å². The van der Waals surface area contributed by atoms with Crippen molar-refractivity contribution in [3.63, 3.8) is 0 Å². The summed E-state index contributed by atoms with van der Waals surface area (Å²) in [5.74, 6) is 0. The summed E-state index contributed by atoms with van der Waals surface area (Å²) in [5.41, 5.74) is 3.71. The molecule has 0 fully saturated rings. The van der Waals surface area contributed by atoms with Crippen LogP contribution in [0.25, 0.3) is 22.4 Å². The van der Waals surface area contributed by atoms with E-state index < -0.39 is 0 Å². The van der Waals surface area contributed by atoms with E-state index >= 15 is 0 Å². The molecule has 2 aromatic carbocycles. The highest BCUT2D eigenvalue weighted by molar-refractivity contribution is 7.99. The highest BCUT2D eigenvalue weighted by Crippen LogP contribution is 2.35. The van der Waals surface area contributed by atoms with Crippen molar-refractivity contribution >= 4 is 22.9 Å². The van der Waals surface area contributed by atoms with Crippen molar-refractivity contribution in [2.75, 3.05) is 0 Å². The number of rotatable bonds is 3. The lowest BCUT2D eigenvalue weighted by Crippen LogP contribution is -1.85. The number of pyridine rings is 1. The number of oxazole rings is 1. The monoisotopic (exact) mass is 304 g/mol. The fraction of sp³-hybridized carbons (Fsp3) is 0. The maximum Gasteiger partial charge on any atom is 0.261 e. The van der Waals surface area contributed by atoms with E-state index in [-0.39, 0.29) is 0 Å². The van der Waals surface area contributed by atoms with Gasteiger partial charge in [0.05, 0.1) is 5.69 Å². The Bertz CT molecular complexity index is 885. The standard InChI is InChI=1S/C18H12N2OS/c1-4-11-17(13(7-1)14-8-5-6-12-19-14)22-18-20-15-9-2-3-10-16(15)21-18/h1-12H. The molecule has 22 heavy (non-hydrogen) atoms. The highest BCUT2D eigenvalue weighted by Gasteiger charge is 2.11. The average Bonchev–Trinajstić information content (AvgIpc) is 2.98. The number of hydrogen-bond acceptors (Lipinski definition) is 4. The first-order valence-electron chi connectivity index (χ1n) is 6.94. The van der Waals surface area contributed by atoms with Crippen molar-refractivity contribution in [3.05, 3.63) is 72.9 Å². The van der Waals surface area contributed by atoms with Crippen LogP contribution in [-0.2, 0) is 0 Å². The van der Waals surface area contributed by atoms with Crippen molar-refractivity contribution in [1.29, 1.82) is 0 Å². The van der Waals surface area contributed by atoms with Crippen molar-refractivity contribution in [3.8, 4) is 11.3 Å². The minimum atomic E-state index is 0.643. The number of nitrogens with zero attached hydrogens (tertiary/aromatic N) is 2. The predicted octanol–water partition coefficient (Wildman–Crippen LogP) is 5.04. The van der Waals surface area contributed by atoms with Crippen molar-refractivity contribution < 1.29 is 4.42 Å². The first kappa shape index (κ1) is 13.1. The largest absolute Gasteiger partial charge is 0.431 e. The van der Waals surface area contributed by atoms with Crippen LogP contribution in [0.4, 0.5) is 0 Å². The quantitative estimate of drug-likeness (QED) is 0.531. The fourth-order valence-corrected chi connectivity index (χ4v) is 3.17. The second-order valence-electron chi connectivity index (χ2n) is 4.76. The molecule has 4 aromatic rings. The lowest BCUT2D eigenvalue weighted by atomic mass is 10.1. The Labute approximate surface area is 132 Å². The first-order chi connectivity index (χ1) is 10.9. The molecule has 106 valence electrons. The molecule has 3 nitrogen and oxygen atoms in total. The first-order valence-corrected chi connectivity index (χ1v) is 7.76. The summed E-state index contributed by atoms with van der Waals surface area (Å²) >= 11 is 1.52. The van der Waals surface area contributed by atoms with Crippen LogP contribution >= 0.6 is 11.8 Å². The van der Waals surface area contributed by atoms with Gasteiger partial charge in [-0.1, -0.05) is 36.4 Å². The van der Waals surface area contributed by atoms with E-state index in [2.05, 4.69) is 22.1 Å². The van der Waals surface area contributed by atoms with Crippen LogP contribution < -0.4 is 0 Å². The zero-order valence-corrected chi connectivity index (χ0v) is 12.5. The molecule has 0 amide bonds. The third kappa shape index (κ3) is 2.49. The van der Waals surface area contributed by atoms with Crippen LogP contribution in [0.15, 0.2) is 87.5 Å². The topological polar surface area (TPSA) is 38.9 Å². The Kier molecular flexibility index (Phi) is 3.37. The van der Waals surface area contributed by atoms with Gasteiger partial charge in [0.15, 0.2) is 5.58 Å². The van der Waals surface area contributed by atoms with Crippen LogP contribution in [0, 0.1) is 0 Å². The SMILES string of the molecule is c1ccc(-c2ccccc2Sc2nc3ccccc3o2)nc1. The lowest BCUT2D eigenvalue weighted by Gasteiger charge is -2.06. The average molecular weight is 304 g/mol. The van der Waals surface area contributed by atoms with E-state index in [1.807, 2.05) is 54.6 Å². The van der Waals surface area contributed by atoms with Gasteiger partial charge in [-0.25, -0.2) is 4.98 Å². The van der Waals surface area contributed by atoms with Crippen LogP contribution in [0.2, 0.25) is 0 Å². The molecule has 0 saturated carbocycles. The van der Waals surface area contributed by atoms with E-state index in [9.17, 15) is 0 Å². The zero-order valence-electron chi connectivity index (χ0n) is 11.6. The minimum absolute atomic E-state index is 0.643. The molecular formula is C18H12N2OS. The molecule has 0 spiro atoms. The fourth-order valence-electron chi connectivity index (χ4n) is 2.28. The van der Waals surface area contributed by atoms with Crippen LogP contribution in [-0.4, -0.2) is 9.97 Å². The summed E-state index contributed by atoms with van der Waals surface area (Å²) in [6.07, 6.45) is 1.80. The van der Waals surface area contributed by atoms with E-state index in [1.165, 1.54) is 11.8 Å². The molecule has 0 N–H and O–H groups in total. The smallest absolute Gasteiger partial charge is 0.261 e. The molecule has 0 aliphatic carbocycles. The van der Waals surface area contributed by atoms with Gasteiger partial charge in [-0.3, -0.25) is 4.98 Å². The van der Waals surface area contributed by atoms with Gasteiger partial charge in [0.2, 0.25) is 0 Å². The lowest BCUT2D eigenvalue weighted by molar-refractivity contribution is 0.489. The predicted molar refractivity (Wildman–Crippen MR) is 87.8 cm³/mol. The highest BCUT2D eigenvalue weighted by atomic mass is 32.2. The maximum atomic E-state index is 5.79. The molecule has 0 unspecified atom stereocenters. The molecule has 4 heteroatoms. The molecule has 0 saturated heterocycles. The van der Waals surface area contributed by atoms with Gasteiger partial charge in [0.25, 0.3) is 5.22 Å². The Morgan fingerprint density at radius 1 is 0.818 bits per heavy atom. The van der Waals surface area contributed by atoms with Crippen molar-refractivity contribution in [1.82, 2.24) is 9.97 Å². The summed E-state index contributed by atoms with van der Waals surface area (Å²) < 4.78 is 5.79. The van der Waals surface area contributed by atoms with Gasteiger partial charge in [0, 0.05) is 16.7 Å². The van der Waals surface area contributed by atoms with E-state index in [4.69, 9.17) is 4.42 Å². The molecule has 0 aliphatic heterocycles. The van der Waals surface area contributed by atoms with Gasteiger partial charge in [-0.2, -0.15) is 0 Å². The molecule has 0 aliphatic rings. The van der Waals surface area contributed by atoms with Gasteiger partial charge in [-0.05, 0) is 42.1 Å². The molecule has 0 radical (unpaired) electrons. The van der Waals surface area contributed by atoms with Crippen molar-refractivity contribution in [2.45, 2.75) is 10.1 Å². The Hall–Kier alpha value is -2.59. The van der Waals surface area contributed by atoms with Crippen molar-refractivity contribution in [2.24, 2.45) is 0 Å². The molecule has 0 atom stereocenters. The van der Waals surface area contributed by atoms with E-state index in [0.29, 0.717) is 5.22 Å². The Morgan fingerprint density at radius 3 is 2.50 bits per heavy atom. The third-order valence-corrected chi connectivity index (χ3v) is 4.22. The summed E-state index contributed by atoms with van der Waals surface area (Å²) in [6, 6.07) is 21.8. The van der Waals surface area contributed by atoms with E-state index in [1.54, 1.807) is 6.20 Å². The molecule has 2 heterocycles. The molecular weight excluding hydrogens is 292 g/mol. The van der Waals surface area contributed by atoms with Gasteiger partial charge >= 0.3 is 0 Å². The normalized spacial score (nSPS) is 10.9. The maximum absolute atomic E-state index is 5.79. The Morgan fingerprint density at radius 2 is 1.64 bits per heavy atom. The van der Waals surface area contributed by atoms with Crippen LogP contribution in [0.1, 0.15) is 0 Å². The second kappa shape index (κ2) is 5.66. The number of fused-ring (bicyclic) bond motifs is 1.